The summed E-state index contributed by atoms with van der Waals surface area (Å²) in [4.78, 5) is 0. The van der Waals surface area contributed by atoms with Crippen LogP contribution in [-0.2, 0) is 9.47 Å². The van der Waals surface area contributed by atoms with Crippen LogP contribution in [0, 0.1) is 11.8 Å². The molecule has 0 heterocycles. The second-order valence-electron chi connectivity index (χ2n) is 7.11. The molecule has 2 rings (SSSR count). The second-order valence-corrected chi connectivity index (χ2v) is 7.11. The predicted octanol–water partition coefficient (Wildman–Crippen LogP) is 4.92. The zero-order valence-corrected chi connectivity index (χ0v) is 15.1. The van der Waals surface area contributed by atoms with Crippen molar-refractivity contribution in [1.82, 2.24) is 0 Å². The first-order valence-electron chi connectivity index (χ1n) is 9.41. The molecule has 2 fully saturated rings. The van der Waals surface area contributed by atoms with E-state index in [1.54, 1.807) is 12.2 Å². The average Bonchev–Trinajstić information content (AvgIpc) is 2.61. The van der Waals surface area contributed by atoms with Gasteiger partial charge in [0.1, 0.15) is 12.3 Å². The Morgan fingerprint density at radius 1 is 0.800 bits per heavy atom. The second kappa shape index (κ2) is 9.91. The molecule has 0 bridgehead atoms. The zero-order chi connectivity index (χ0) is 18.4. The Labute approximate surface area is 147 Å². The summed E-state index contributed by atoms with van der Waals surface area (Å²) in [5, 5.41) is 0. The highest BCUT2D eigenvalue weighted by Gasteiger charge is 2.50. The highest BCUT2D eigenvalue weighted by molar-refractivity contribution is 4.99. The van der Waals surface area contributed by atoms with Crippen LogP contribution in [0.5, 0.6) is 0 Å². The Balaban J connectivity index is 1.93. The van der Waals surface area contributed by atoms with Crippen molar-refractivity contribution < 1.29 is 27.0 Å². The maximum absolute atomic E-state index is 14.6. The molecule has 0 aromatic heterocycles. The number of alkyl halides is 4. The molecule has 0 spiro atoms. The summed E-state index contributed by atoms with van der Waals surface area (Å²) in [5.74, 6) is -1.59. The van der Waals surface area contributed by atoms with Gasteiger partial charge in [-0.2, -0.15) is 0 Å². The highest BCUT2D eigenvalue weighted by atomic mass is 19.2. The number of hydrogen-bond donors (Lipinski definition) is 0. The minimum absolute atomic E-state index is 0.233. The van der Waals surface area contributed by atoms with Crippen molar-refractivity contribution in [2.45, 2.75) is 82.8 Å². The van der Waals surface area contributed by atoms with Crippen molar-refractivity contribution in [3.05, 3.63) is 12.2 Å². The van der Waals surface area contributed by atoms with E-state index in [1.807, 2.05) is 13.8 Å². The molecule has 2 saturated carbocycles. The Bertz CT molecular complexity index is 420. The van der Waals surface area contributed by atoms with E-state index in [0.717, 1.165) is 6.42 Å². The third kappa shape index (κ3) is 4.97. The number of allylic oxidation sites excluding steroid dienone is 1. The molecule has 8 atom stereocenters. The van der Waals surface area contributed by atoms with Gasteiger partial charge in [-0.1, -0.05) is 19.1 Å². The molecule has 0 aliphatic heterocycles. The number of halogens is 4. The first-order chi connectivity index (χ1) is 12.0. The molecule has 0 aromatic rings. The van der Waals surface area contributed by atoms with Gasteiger partial charge in [0, 0.05) is 6.61 Å². The molecule has 0 saturated heterocycles. The molecule has 0 radical (unpaired) electrons. The first kappa shape index (κ1) is 20.7. The van der Waals surface area contributed by atoms with Crippen molar-refractivity contribution in [2.75, 3.05) is 13.2 Å². The number of rotatable bonds is 7. The van der Waals surface area contributed by atoms with Crippen LogP contribution < -0.4 is 0 Å². The van der Waals surface area contributed by atoms with Gasteiger partial charge in [0.2, 0.25) is 0 Å². The van der Waals surface area contributed by atoms with Gasteiger partial charge in [-0.05, 0) is 50.9 Å². The van der Waals surface area contributed by atoms with Gasteiger partial charge in [-0.3, -0.25) is 0 Å². The summed E-state index contributed by atoms with van der Waals surface area (Å²) >= 11 is 0. The van der Waals surface area contributed by atoms with E-state index < -0.39 is 48.7 Å². The van der Waals surface area contributed by atoms with E-state index in [0.29, 0.717) is 32.3 Å². The zero-order valence-electron chi connectivity index (χ0n) is 15.1. The third-order valence-electron chi connectivity index (χ3n) is 5.43. The van der Waals surface area contributed by atoms with Crippen LogP contribution in [-0.4, -0.2) is 50.1 Å². The van der Waals surface area contributed by atoms with E-state index in [9.17, 15) is 17.6 Å². The van der Waals surface area contributed by atoms with E-state index >= 15 is 0 Å². The van der Waals surface area contributed by atoms with Gasteiger partial charge in [-0.25, -0.2) is 17.6 Å². The standard InChI is InChI=1S/C19H30F4O2/c1-3-5-11-25-15-9-7-13(17(21)19(15)23)12-6-8-14(24-10-4-2)18(22)16(12)20/h3,5,12-19H,4,6-11H2,1-2H3. The van der Waals surface area contributed by atoms with Gasteiger partial charge in [-0.15, -0.1) is 0 Å². The van der Waals surface area contributed by atoms with Crippen molar-refractivity contribution in [1.29, 1.82) is 0 Å². The summed E-state index contributed by atoms with van der Waals surface area (Å²) < 4.78 is 68.6. The van der Waals surface area contributed by atoms with Gasteiger partial charge in [0.05, 0.1) is 18.8 Å². The van der Waals surface area contributed by atoms with Crippen LogP contribution in [0.3, 0.4) is 0 Å². The van der Waals surface area contributed by atoms with Crippen molar-refractivity contribution in [2.24, 2.45) is 11.8 Å². The van der Waals surface area contributed by atoms with Crippen LogP contribution in [0.1, 0.15) is 46.0 Å². The van der Waals surface area contributed by atoms with E-state index in [1.165, 1.54) is 0 Å². The van der Waals surface area contributed by atoms with Crippen molar-refractivity contribution in [3.8, 4) is 0 Å². The van der Waals surface area contributed by atoms with Gasteiger partial charge < -0.3 is 9.47 Å². The van der Waals surface area contributed by atoms with E-state index in [4.69, 9.17) is 9.47 Å². The lowest BCUT2D eigenvalue weighted by atomic mass is 9.69. The lowest BCUT2D eigenvalue weighted by molar-refractivity contribution is -0.119. The van der Waals surface area contributed by atoms with Gasteiger partial charge in [0.25, 0.3) is 0 Å². The summed E-state index contributed by atoms with van der Waals surface area (Å²) in [7, 11) is 0. The van der Waals surface area contributed by atoms with Crippen LogP contribution in [0.2, 0.25) is 0 Å². The third-order valence-corrected chi connectivity index (χ3v) is 5.43. The molecule has 8 unspecified atom stereocenters. The first-order valence-corrected chi connectivity index (χ1v) is 9.41. The van der Waals surface area contributed by atoms with Gasteiger partial charge in [0.15, 0.2) is 12.3 Å². The molecule has 2 aliphatic rings. The minimum Gasteiger partial charge on any atom is -0.375 e. The van der Waals surface area contributed by atoms with Crippen molar-refractivity contribution >= 4 is 0 Å². The molecule has 2 nitrogen and oxygen atoms in total. The van der Waals surface area contributed by atoms with Gasteiger partial charge >= 0.3 is 0 Å². The Hall–Kier alpha value is -0.620. The Morgan fingerprint density at radius 2 is 1.32 bits per heavy atom. The van der Waals surface area contributed by atoms with E-state index in [-0.39, 0.29) is 6.61 Å². The molecule has 2 aliphatic carbocycles. The summed E-state index contributed by atoms with van der Waals surface area (Å²) in [5.41, 5.74) is 0. The quantitative estimate of drug-likeness (QED) is 0.471. The predicted molar refractivity (Wildman–Crippen MR) is 89.6 cm³/mol. The normalized spacial score (nSPS) is 42.8. The monoisotopic (exact) mass is 366 g/mol. The largest absolute Gasteiger partial charge is 0.375 e. The van der Waals surface area contributed by atoms with Crippen molar-refractivity contribution in [3.63, 3.8) is 0 Å². The number of hydrogen-bond acceptors (Lipinski definition) is 2. The molecular formula is C19H30F4O2. The molecule has 0 N–H and O–H groups in total. The Kier molecular flexibility index (Phi) is 8.20. The fourth-order valence-electron chi connectivity index (χ4n) is 4.03. The van der Waals surface area contributed by atoms with Crippen LogP contribution in [0.15, 0.2) is 12.2 Å². The molecule has 6 heteroatoms. The fourth-order valence-corrected chi connectivity index (χ4v) is 4.03. The van der Waals surface area contributed by atoms with Crippen LogP contribution in [0.25, 0.3) is 0 Å². The molecule has 25 heavy (non-hydrogen) atoms. The SMILES string of the molecule is CC=CCOC1CCC(C2CCC(OCCC)C(F)C2F)C(F)C1F. The molecular weight excluding hydrogens is 336 g/mol. The lowest BCUT2D eigenvalue weighted by Gasteiger charge is -2.43. The maximum atomic E-state index is 14.6. The average molecular weight is 366 g/mol. The number of ether oxygens (including phenoxy) is 2. The topological polar surface area (TPSA) is 18.5 Å². The summed E-state index contributed by atoms with van der Waals surface area (Å²) in [6.45, 7) is 4.34. The van der Waals surface area contributed by atoms with E-state index in [2.05, 4.69) is 0 Å². The fraction of sp³-hybridized carbons (Fsp3) is 0.895. The smallest absolute Gasteiger partial charge is 0.157 e. The maximum Gasteiger partial charge on any atom is 0.157 e. The van der Waals surface area contributed by atoms with Crippen LogP contribution >= 0.6 is 0 Å². The minimum atomic E-state index is -1.81. The summed E-state index contributed by atoms with van der Waals surface area (Å²) in [6, 6.07) is 0. The highest BCUT2D eigenvalue weighted by Crippen LogP contribution is 2.44. The lowest BCUT2D eigenvalue weighted by Crippen LogP contribution is -2.51. The Morgan fingerprint density at radius 3 is 1.80 bits per heavy atom. The van der Waals surface area contributed by atoms with Crippen LogP contribution in [0.4, 0.5) is 17.6 Å². The molecule has 146 valence electrons. The molecule has 0 amide bonds. The summed E-state index contributed by atoms with van der Waals surface area (Å²) in [6.07, 6.45) is -3.17. The molecule has 0 aromatic carbocycles.